The minimum atomic E-state index is 0.418. The highest BCUT2D eigenvalue weighted by molar-refractivity contribution is 4.81. The van der Waals surface area contributed by atoms with Crippen LogP contribution in [0.4, 0.5) is 0 Å². The zero-order valence-corrected chi connectivity index (χ0v) is 12.9. The molecule has 4 nitrogen and oxygen atoms in total. The van der Waals surface area contributed by atoms with Crippen molar-refractivity contribution in [2.24, 2.45) is 11.8 Å². The van der Waals surface area contributed by atoms with Crippen molar-refractivity contribution >= 4 is 0 Å². The fraction of sp³-hybridized carbons (Fsp3) is 1.00. The summed E-state index contributed by atoms with van der Waals surface area (Å²) in [5.74, 6) is 1.59. The van der Waals surface area contributed by atoms with E-state index in [9.17, 15) is 0 Å². The Balaban J connectivity index is 1.61. The Labute approximate surface area is 118 Å². The van der Waals surface area contributed by atoms with Crippen molar-refractivity contribution in [1.82, 2.24) is 15.1 Å². The first-order valence-electron chi connectivity index (χ1n) is 7.86. The minimum Gasteiger partial charge on any atom is -0.374 e. The fourth-order valence-corrected chi connectivity index (χ4v) is 3.09. The van der Waals surface area contributed by atoms with Gasteiger partial charge in [0, 0.05) is 26.2 Å². The second kappa shape index (κ2) is 7.58. The number of hydrogen-bond acceptors (Lipinski definition) is 4. The number of likely N-dealkylation sites (tertiary alicyclic amines) is 1. The molecule has 0 amide bonds. The van der Waals surface area contributed by atoms with Crippen molar-refractivity contribution in [2.45, 2.75) is 26.4 Å². The van der Waals surface area contributed by atoms with Crippen LogP contribution in [0.25, 0.3) is 0 Å². The van der Waals surface area contributed by atoms with Crippen LogP contribution in [-0.2, 0) is 4.74 Å². The Hall–Kier alpha value is -0.160. The standard InChI is InChI=1S/C15H31N3O/c1-13(2)8-16-9-14-4-5-18(10-14)12-15-11-17(3)6-7-19-15/h13-16H,4-12H2,1-3H3. The first kappa shape index (κ1) is 15.2. The molecule has 2 unspecified atom stereocenters. The van der Waals surface area contributed by atoms with Gasteiger partial charge in [-0.3, -0.25) is 0 Å². The van der Waals surface area contributed by atoms with Gasteiger partial charge in [0.15, 0.2) is 0 Å². The predicted molar refractivity (Wildman–Crippen MR) is 79.5 cm³/mol. The molecule has 0 bridgehead atoms. The van der Waals surface area contributed by atoms with Gasteiger partial charge in [0.25, 0.3) is 0 Å². The molecule has 4 heteroatoms. The molecule has 2 rings (SSSR count). The molecule has 0 radical (unpaired) electrons. The van der Waals surface area contributed by atoms with E-state index in [2.05, 4.69) is 36.0 Å². The van der Waals surface area contributed by atoms with Crippen molar-refractivity contribution in [3.8, 4) is 0 Å². The summed E-state index contributed by atoms with van der Waals surface area (Å²) >= 11 is 0. The number of hydrogen-bond donors (Lipinski definition) is 1. The molecule has 0 aromatic rings. The normalized spacial score (nSPS) is 30.3. The smallest absolute Gasteiger partial charge is 0.0829 e. The van der Waals surface area contributed by atoms with E-state index >= 15 is 0 Å². The molecular weight excluding hydrogens is 238 g/mol. The summed E-state index contributed by atoms with van der Waals surface area (Å²) in [6, 6.07) is 0. The van der Waals surface area contributed by atoms with Gasteiger partial charge in [-0.25, -0.2) is 0 Å². The van der Waals surface area contributed by atoms with E-state index in [1.165, 1.54) is 26.1 Å². The Morgan fingerprint density at radius 2 is 2.11 bits per heavy atom. The van der Waals surface area contributed by atoms with E-state index in [0.717, 1.165) is 44.6 Å². The summed E-state index contributed by atoms with van der Waals surface area (Å²) < 4.78 is 5.86. The molecule has 0 aliphatic carbocycles. The average molecular weight is 269 g/mol. The van der Waals surface area contributed by atoms with Crippen molar-refractivity contribution in [2.75, 3.05) is 59.5 Å². The zero-order chi connectivity index (χ0) is 13.7. The Kier molecular flexibility index (Phi) is 6.07. The predicted octanol–water partition coefficient (Wildman–Crippen LogP) is 0.885. The van der Waals surface area contributed by atoms with E-state index in [4.69, 9.17) is 4.74 Å². The summed E-state index contributed by atoms with van der Waals surface area (Å²) in [6.45, 7) is 13.5. The number of rotatable bonds is 6. The lowest BCUT2D eigenvalue weighted by atomic mass is 10.1. The van der Waals surface area contributed by atoms with Gasteiger partial charge in [0.05, 0.1) is 12.7 Å². The third-order valence-corrected chi connectivity index (χ3v) is 4.16. The third-order valence-electron chi connectivity index (χ3n) is 4.16. The molecule has 2 atom stereocenters. The molecule has 112 valence electrons. The second-order valence-electron chi connectivity index (χ2n) is 6.72. The molecule has 2 heterocycles. The van der Waals surface area contributed by atoms with Crippen molar-refractivity contribution in [3.05, 3.63) is 0 Å². The zero-order valence-electron chi connectivity index (χ0n) is 12.9. The first-order chi connectivity index (χ1) is 9.13. The van der Waals surface area contributed by atoms with Gasteiger partial charge in [0.2, 0.25) is 0 Å². The summed E-state index contributed by atoms with van der Waals surface area (Å²) in [5.41, 5.74) is 0. The average Bonchev–Trinajstić information content (AvgIpc) is 2.76. The largest absolute Gasteiger partial charge is 0.374 e. The number of morpholine rings is 1. The highest BCUT2D eigenvalue weighted by atomic mass is 16.5. The molecule has 0 saturated carbocycles. The lowest BCUT2D eigenvalue weighted by molar-refractivity contribution is -0.0331. The highest BCUT2D eigenvalue weighted by Gasteiger charge is 2.26. The molecule has 0 aromatic carbocycles. The van der Waals surface area contributed by atoms with Gasteiger partial charge in [-0.1, -0.05) is 13.8 Å². The quantitative estimate of drug-likeness (QED) is 0.775. The maximum atomic E-state index is 5.86. The van der Waals surface area contributed by atoms with E-state index in [1.54, 1.807) is 0 Å². The maximum Gasteiger partial charge on any atom is 0.0829 e. The van der Waals surface area contributed by atoms with Crippen molar-refractivity contribution < 1.29 is 4.74 Å². The number of likely N-dealkylation sites (N-methyl/N-ethyl adjacent to an activating group) is 1. The van der Waals surface area contributed by atoms with Crippen LogP contribution in [0.1, 0.15) is 20.3 Å². The van der Waals surface area contributed by atoms with Gasteiger partial charge >= 0.3 is 0 Å². The fourth-order valence-electron chi connectivity index (χ4n) is 3.09. The summed E-state index contributed by atoms with van der Waals surface area (Å²) in [6.07, 6.45) is 1.76. The minimum absolute atomic E-state index is 0.418. The van der Waals surface area contributed by atoms with Crippen LogP contribution in [0.2, 0.25) is 0 Å². The van der Waals surface area contributed by atoms with Crippen LogP contribution in [0.15, 0.2) is 0 Å². The Morgan fingerprint density at radius 3 is 2.84 bits per heavy atom. The second-order valence-corrected chi connectivity index (χ2v) is 6.72. The van der Waals surface area contributed by atoms with E-state index < -0.39 is 0 Å². The number of nitrogens with zero attached hydrogens (tertiary/aromatic N) is 2. The van der Waals surface area contributed by atoms with E-state index in [0.29, 0.717) is 6.10 Å². The van der Waals surface area contributed by atoms with Gasteiger partial charge in [0.1, 0.15) is 0 Å². The molecular formula is C15H31N3O. The summed E-state index contributed by atoms with van der Waals surface area (Å²) in [5, 5.41) is 3.59. The van der Waals surface area contributed by atoms with Gasteiger partial charge in [-0.15, -0.1) is 0 Å². The van der Waals surface area contributed by atoms with Crippen LogP contribution < -0.4 is 5.32 Å². The Bertz CT molecular complexity index is 260. The molecule has 19 heavy (non-hydrogen) atoms. The monoisotopic (exact) mass is 269 g/mol. The van der Waals surface area contributed by atoms with Crippen LogP contribution in [0, 0.1) is 11.8 Å². The molecule has 0 aromatic heterocycles. The van der Waals surface area contributed by atoms with Gasteiger partial charge in [-0.05, 0) is 44.9 Å². The lowest BCUT2D eigenvalue weighted by Gasteiger charge is -2.32. The van der Waals surface area contributed by atoms with Gasteiger partial charge < -0.3 is 19.9 Å². The molecule has 2 aliphatic rings. The van der Waals surface area contributed by atoms with Crippen LogP contribution in [-0.4, -0.2) is 75.4 Å². The third kappa shape index (κ3) is 5.38. The van der Waals surface area contributed by atoms with Crippen LogP contribution >= 0.6 is 0 Å². The highest BCUT2D eigenvalue weighted by Crippen LogP contribution is 2.17. The van der Waals surface area contributed by atoms with Crippen molar-refractivity contribution in [3.63, 3.8) is 0 Å². The summed E-state index contributed by atoms with van der Waals surface area (Å²) in [7, 11) is 2.19. The Morgan fingerprint density at radius 1 is 1.26 bits per heavy atom. The molecule has 1 N–H and O–H groups in total. The van der Waals surface area contributed by atoms with E-state index in [-0.39, 0.29) is 0 Å². The molecule has 0 spiro atoms. The maximum absolute atomic E-state index is 5.86. The molecule has 2 fully saturated rings. The number of nitrogens with one attached hydrogen (secondary N) is 1. The number of ether oxygens (including phenoxy) is 1. The summed E-state index contributed by atoms with van der Waals surface area (Å²) in [4.78, 5) is 4.97. The van der Waals surface area contributed by atoms with Crippen LogP contribution in [0.5, 0.6) is 0 Å². The lowest BCUT2D eigenvalue weighted by Crippen LogP contribution is -2.45. The topological polar surface area (TPSA) is 27.7 Å². The molecule has 2 aliphatic heterocycles. The van der Waals surface area contributed by atoms with Crippen molar-refractivity contribution in [1.29, 1.82) is 0 Å². The van der Waals surface area contributed by atoms with E-state index in [1.807, 2.05) is 0 Å². The van der Waals surface area contributed by atoms with Crippen LogP contribution in [0.3, 0.4) is 0 Å². The van der Waals surface area contributed by atoms with Gasteiger partial charge in [-0.2, -0.15) is 0 Å². The molecule has 2 saturated heterocycles. The SMILES string of the molecule is CC(C)CNCC1CCN(CC2CN(C)CCO2)C1. The first-order valence-corrected chi connectivity index (χ1v) is 7.86.